The number of aryl methyl sites for hydroxylation is 1. The fourth-order valence-corrected chi connectivity index (χ4v) is 2.92. The Morgan fingerprint density at radius 2 is 2.23 bits per heavy atom. The molecule has 2 unspecified atom stereocenters. The molecular weight excluding hydrogens is 274 g/mol. The number of amides is 1. The van der Waals surface area contributed by atoms with Gasteiger partial charge in [-0.25, -0.2) is 4.98 Å². The highest BCUT2D eigenvalue weighted by Gasteiger charge is 2.22. The van der Waals surface area contributed by atoms with Crippen LogP contribution in [0.2, 0.25) is 0 Å². The topological polar surface area (TPSA) is 46.9 Å². The van der Waals surface area contributed by atoms with Gasteiger partial charge in [-0.3, -0.25) is 4.79 Å². The summed E-state index contributed by atoms with van der Waals surface area (Å²) < 4.78 is 1.95. The summed E-state index contributed by atoms with van der Waals surface area (Å²) in [6.07, 6.45) is 10.7. The molecule has 0 saturated carbocycles. The highest BCUT2D eigenvalue weighted by Crippen LogP contribution is 2.23. The number of nitrogens with one attached hydrogen (secondary N) is 1. The minimum absolute atomic E-state index is 0.0772. The van der Waals surface area contributed by atoms with Crippen molar-refractivity contribution in [1.82, 2.24) is 14.9 Å². The van der Waals surface area contributed by atoms with Gasteiger partial charge in [-0.2, -0.15) is 0 Å². The van der Waals surface area contributed by atoms with Gasteiger partial charge in [-0.05, 0) is 24.3 Å². The second-order valence-electron chi connectivity index (χ2n) is 5.78. The molecule has 1 heterocycles. The number of nitrogens with zero attached hydrogens (tertiary/aromatic N) is 2. The lowest BCUT2D eigenvalue weighted by Crippen LogP contribution is -2.31. The van der Waals surface area contributed by atoms with Crippen LogP contribution in [-0.2, 0) is 11.8 Å². The molecule has 3 rings (SSSR count). The molecule has 0 radical (unpaired) electrons. The number of rotatable bonds is 5. The van der Waals surface area contributed by atoms with Gasteiger partial charge < -0.3 is 9.88 Å². The van der Waals surface area contributed by atoms with Crippen molar-refractivity contribution in [2.45, 2.75) is 25.3 Å². The summed E-state index contributed by atoms with van der Waals surface area (Å²) in [6, 6.07) is 9.78. The van der Waals surface area contributed by atoms with E-state index >= 15 is 0 Å². The van der Waals surface area contributed by atoms with Gasteiger partial charge in [0.25, 0.3) is 0 Å². The van der Waals surface area contributed by atoms with Gasteiger partial charge in [0.2, 0.25) is 5.91 Å². The Morgan fingerprint density at radius 1 is 1.41 bits per heavy atom. The van der Waals surface area contributed by atoms with Crippen molar-refractivity contribution in [2.75, 3.05) is 0 Å². The van der Waals surface area contributed by atoms with Crippen LogP contribution in [0.3, 0.4) is 0 Å². The van der Waals surface area contributed by atoms with Crippen molar-refractivity contribution >= 4 is 5.91 Å². The second kappa shape index (κ2) is 6.60. The summed E-state index contributed by atoms with van der Waals surface area (Å²) in [5.41, 5.74) is 1.05. The van der Waals surface area contributed by atoms with Crippen LogP contribution in [0.1, 0.15) is 36.7 Å². The summed E-state index contributed by atoms with van der Waals surface area (Å²) in [4.78, 5) is 16.8. The minimum Gasteiger partial charge on any atom is -0.342 e. The Hall–Kier alpha value is -2.36. The van der Waals surface area contributed by atoms with Crippen molar-refractivity contribution in [3.63, 3.8) is 0 Å². The Labute approximate surface area is 130 Å². The molecule has 2 atom stereocenters. The fraction of sp³-hybridized carbons (Fsp3) is 0.333. The van der Waals surface area contributed by atoms with E-state index in [0.717, 1.165) is 24.2 Å². The molecule has 0 saturated heterocycles. The SMILES string of the molecule is Cn1ccnc1C(NC(=O)CC1C=CCC1)c1ccccc1. The van der Waals surface area contributed by atoms with E-state index in [0.29, 0.717) is 12.3 Å². The van der Waals surface area contributed by atoms with E-state index in [2.05, 4.69) is 22.5 Å². The quantitative estimate of drug-likeness (QED) is 0.862. The van der Waals surface area contributed by atoms with E-state index < -0.39 is 0 Å². The van der Waals surface area contributed by atoms with Crippen LogP contribution in [0.5, 0.6) is 0 Å². The average molecular weight is 295 g/mol. The van der Waals surface area contributed by atoms with Crippen LogP contribution in [0, 0.1) is 5.92 Å². The Morgan fingerprint density at radius 3 is 2.86 bits per heavy atom. The van der Waals surface area contributed by atoms with Gasteiger partial charge in [-0.15, -0.1) is 0 Å². The Kier molecular flexibility index (Phi) is 4.37. The molecule has 0 bridgehead atoms. The molecule has 1 aromatic heterocycles. The molecule has 1 aromatic carbocycles. The first-order chi connectivity index (χ1) is 10.7. The van der Waals surface area contributed by atoms with E-state index in [-0.39, 0.29) is 11.9 Å². The molecule has 4 heteroatoms. The zero-order chi connectivity index (χ0) is 15.4. The maximum atomic E-state index is 12.4. The van der Waals surface area contributed by atoms with Crippen LogP contribution >= 0.6 is 0 Å². The minimum atomic E-state index is -0.209. The zero-order valence-electron chi connectivity index (χ0n) is 12.8. The van der Waals surface area contributed by atoms with Crippen molar-refractivity contribution in [1.29, 1.82) is 0 Å². The van der Waals surface area contributed by atoms with Crippen molar-refractivity contribution < 1.29 is 4.79 Å². The maximum Gasteiger partial charge on any atom is 0.221 e. The van der Waals surface area contributed by atoms with Gasteiger partial charge in [0.05, 0.1) is 0 Å². The van der Waals surface area contributed by atoms with Gasteiger partial charge in [0, 0.05) is 25.9 Å². The number of imidazole rings is 1. The van der Waals surface area contributed by atoms with E-state index in [9.17, 15) is 4.79 Å². The monoisotopic (exact) mass is 295 g/mol. The van der Waals surface area contributed by atoms with Crippen LogP contribution in [0.4, 0.5) is 0 Å². The fourth-order valence-electron chi connectivity index (χ4n) is 2.92. The molecular formula is C18H21N3O. The smallest absolute Gasteiger partial charge is 0.221 e. The van der Waals surface area contributed by atoms with Crippen LogP contribution in [0.15, 0.2) is 54.9 Å². The first-order valence-electron chi connectivity index (χ1n) is 7.72. The summed E-state index contributed by atoms with van der Waals surface area (Å²) >= 11 is 0. The number of carbonyl (C=O) groups is 1. The van der Waals surface area contributed by atoms with Crippen molar-refractivity contribution in [3.05, 3.63) is 66.3 Å². The van der Waals surface area contributed by atoms with Crippen LogP contribution in [0.25, 0.3) is 0 Å². The third-order valence-electron chi connectivity index (χ3n) is 4.11. The largest absolute Gasteiger partial charge is 0.342 e. The lowest BCUT2D eigenvalue weighted by Gasteiger charge is -2.20. The van der Waals surface area contributed by atoms with E-state index in [1.807, 2.05) is 48.1 Å². The summed E-state index contributed by atoms with van der Waals surface area (Å²) in [5.74, 6) is 1.30. The molecule has 1 aliphatic carbocycles. The van der Waals surface area contributed by atoms with Gasteiger partial charge in [-0.1, -0.05) is 42.5 Å². The molecule has 0 aliphatic heterocycles. The lowest BCUT2D eigenvalue weighted by molar-refractivity contribution is -0.122. The maximum absolute atomic E-state index is 12.4. The molecule has 1 N–H and O–H groups in total. The zero-order valence-corrected chi connectivity index (χ0v) is 12.8. The number of benzene rings is 1. The molecule has 114 valence electrons. The van der Waals surface area contributed by atoms with E-state index in [1.54, 1.807) is 6.20 Å². The highest BCUT2D eigenvalue weighted by molar-refractivity contribution is 5.77. The summed E-state index contributed by atoms with van der Waals surface area (Å²) in [5, 5.41) is 3.15. The average Bonchev–Trinajstić information content (AvgIpc) is 3.17. The van der Waals surface area contributed by atoms with Gasteiger partial charge in [0.15, 0.2) is 0 Å². The van der Waals surface area contributed by atoms with Crippen molar-refractivity contribution in [2.24, 2.45) is 13.0 Å². The predicted octanol–water partition coefficient (Wildman–Crippen LogP) is 2.98. The van der Waals surface area contributed by atoms with E-state index in [4.69, 9.17) is 0 Å². The Balaban J connectivity index is 1.78. The molecule has 22 heavy (non-hydrogen) atoms. The number of hydrogen-bond acceptors (Lipinski definition) is 2. The highest BCUT2D eigenvalue weighted by atomic mass is 16.1. The van der Waals surface area contributed by atoms with Gasteiger partial charge in [0.1, 0.15) is 11.9 Å². The van der Waals surface area contributed by atoms with Crippen LogP contribution in [-0.4, -0.2) is 15.5 Å². The molecule has 1 amide bonds. The third-order valence-corrected chi connectivity index (χ3v) is 4.11. The molecule has 1 aliphatic rings. The van der Waals surface area contributed by atoms with Crippen molar-refractivity contribution in [3.8, 4) is 0 Å². The number of hydrogen-bond donors (Lipinski definition) is 1. The third kappa shape index (κ3) is 3.27. The molecule has 0 spiro atoms. The normalized spacial score (nSPS) is 18.3. The summed E-state index contributed by atoms with van der Waals surface area (Å²) in [7, 11) is 1.95. The first kappa shape index (κ1) is 14.6. The number of carbonyl (C=O) groups excluding carboxylic acids is 1. The first-order valence-corrected chi connectivity index (χ1v) is 7.72. The number of aromatic nitrogens is 2. The van der Waals surface area contributed by atoms with E-state index in [1.165, 1.54) is 0 Å². The standard InChI is InChI=1S/C18H21N3O/c1-21-12-11-19-18(21)17(15-9-3-2-4-10-15)20-16(22)13-14-7-5-6-8-14/h2-5,7,9-12,14,17H,6,8,13H2,1H3,(H,20,22). The molecule has 4 nitrogen and oxygen atoms in total. The number of allylic oxidation sites excluding steroid dienone is 2. The summed E-state index contributed by atoms with van der Waals surface area (Å²) in [6.45, 7) is 0. The lowest BCUT2D eigenvalue weighted by atomic mass is 10.0. The van der Waals surface area contributed by atoms with Crippen LogP contribution < -0.4 is 5.32 Å². The second-order valence-corrected chi connectivity index (χ2v) is 5.78. The molecule has 0 fully saturated rings. The Bertz CT molecular complexity index is 660. The predicted molar refractivity (Wildman–Crippen MR) is 86.1 cm³/mol. The molecule has 2 aromatic rings. The van der Waals surface area contributed by atoms with Gasteiger partial charge >= 0.3 is 0 Å².